The van der Waals surface area contributed by atoms with Gasteiger partial charge in [-0.15, -0.1) is 0 Å². The van der Waals surface area contributed by atoms with E-state index in [1.807, 2.05) is 28.2 Å². The second-order valence-corrected chi connectivity index (χ2v) is 6.29. The number of hydrogen-bond donors (Lipinski definition) is 0. The Morgan fingerprint density at radius 1 is 1.39 bits per heavy atom. The van der Waals surface area contributed by atoms with Crippen molar-refractivity contribution in [2.24, 2.45) is 5.92 Å². The minimum Gasteiger partial charge on any atom is -0.306 e. The maximum atomic E-state index is 12.2. The normalized spacial score (nSPS) is 21.5. The Labute approximate surface area is 111 Å². The first-order chi connectivity index (χ1) is 8.74. The minimum absolute atomic E-state index is 0.184. The molecule has 2 heterocycles. The predicted molar refractivity (Wildman–Crippen MR) is 76.3 cm³/mol. The number of rotatable bonds is 2. The fourth-order valence-electron chi connectivity index (χ4n) is 2.79. The molecule has 1 saturated heterocycles. The Morgan fingerprint density at radius 3 is 3.00 bits per heavy atom. The molecule has 0 aliphatic carbocycles. The van der Waals surface area contributed by atoms with E-state index in [1.54, 1.807) is 11.5 Å². The van der Waals surface area contributed by atoms with Gasteiger partial charge in [0.2, 0.25) is 0 Å². The second-order valence-electron chi connectivity index (χ2n) is 5.22. The van der Waals surface area contributed by atoms with E-state index in [0.717, 1.165) is 23.2 Å². The molecule has 0 amide bonds. The summed E-state index contributed by atoms with van der Waals surface area (Å²) in [7, 11) is 2.17. The number of hydrogen-bond acceptors (Lipinski definition) is 3. The van der Waals surface area contributed by atoms with Crippen LogP contribution in [0.4, 0.5) is 0 Å². The molecule has 1 aromatic carbocycles. The molecule has 96 valence electrons. The Bertz CT molecular complexity index is 601. The Hall–Kier alpha value is -1.13. The summed E-state index contributed by atoms with van der Waals surface area (Å²) >= 11 is 1.60. The SMILES string of the molecule is CN1CCC[C@@H](Cn2sc3ccccc3c2=O)C1. The fraction of sp³-hybridized carbons (Fsp3) is 0.500. The Morgan fingerprint density at radius 2 is 2.22 bits per heavy atom. The fourth-order valence-corrected chi connectivity index (χ4v) is 3.89. The van der Waals surface area contributed by atoms with Crippen molar-refractivity contribution in [1.82, 2.24) is 8.86 Å². The van der Waals surface area contributed by atoms with E-state index in [2.05, 4.69) is 11.9 Å². The Kier molecular flexibility index (Phi) is 3.22. The summed E-state index contributed by atoms with van der Waals surface area (Å²) in [5.41, 5.74) is 0.184. The van der Waals surface area contributed by atoms with Gasteiger partial charge in [-0.05, 0) is 44.5 Å². The number of fused-ring (bicyclic) bond motifs is 1. The molecule has 0 spiro atoms. The molecule has 0 radical (unpaired) electrons. The summed E-state index contributed by atoms with van der Waals surface area (Å²) < 4.78 is 3.04. The number of piperidine rings is 1. The van der Waals surface area contributed by atoms with E-state index in [-0.39, 0.29) is 5.56 Å². The maximum Gasteiger partial charge on any atom is 0.268 e. The standard InChI is InChI=1S/C14H18N2OS/c1-15-8-4-5-11(9-15)10-16-14(17)12-6-2-3-7-13(12)18-16/h2-3,6-7,11H,4-5,8-10H2,1H3/t11-/m1/s1. The van der Waals surface area contributed by atoms with Gasteiger partial charge >= 0.3 is 0 Å². The van der Waals surface area contributed by atoms with Gasteiger partial charge in [0.05, 0.1) is 10.1 Å². The van der Waals surface area contributed by atoms with Crippen molar-refractivity contribution in [1.29, 1.82) is 0 Å². The molecule has 2 aromatic rings. The lowest BCUT2D eigenvalue weighted by atomic mass is 9.99. The largest absolute Gasteiger partial charge is 0.306 e. The van der Waals surface area contributed by atoms with Gasteiger partial charge in [-0.25, -0.2) is 0 Å². The molecule has 0 saturated carbocycles. The minimum atomic E-state index is 0.184. The second kappa shape index (κ2) is 4.86. The van der Waals surface area contributed by atoms with Gasteiger partial charge in [0.1, 0.15) is 0 Å². The molecule has 3 rings (SSSR count). The first kappa shape index (κ1) is 11.9. The molecule has 4 heteroatoms. The average molecular weight is 262 g/mol. The highest BCUT2D eigenvalue weighted by Crippen LogP contribution is 2.21. The van der Waals surface area contributed by atoms with Gasteiger partial charge in [0.15, 0.2) is 0 Å². The van der Waals surface area contributed by atoms with Crippen molar-refractivity contribution < 1.29 is 0 Å². The molecule has 1 aromatic heterocycles. The summed E-state index contributed by atoms with van der Waals surface area (Å²) in [6, 6.07) is 7.90. The lowest BCUT2D eigenvalue weighted by Crippen LogP contribution is -2.35. The third-order valence-electron chi connectivity index (χ3n) is 3.70. The molecule has 0 N–H and O–H groups in total. The van der Waals surface area contributed by atoms with Gasteiger partial charge in [-0.2, -0.15) is 0 Å². The van der Waals surface area contributed by atoms with Crippen molar-refractivity contribution in [3.63, 3.8) is 0 Å². The molecule has 1 aliphatic heterocycles. The van der Waals surface area contributed by atoms with E-state index < -0.39 is 0 Å². The van der Waals surface area contributed by atoms with E-state index in [0.29, 0.717) is 5.92 Å². The van der Waals surface area contributed by atoms with Crippen molar-refractivity contribution in [3.8, 4) is 0 Å². The Balaban J connectivity index is 1.86. The highest BCUT2D eigenvalue weighted by molar-refractivity contribution is 7.13. The van der Waals surface area contributed by atoms with Crippen LogP contribution >= 0.6 is 11.5 Å². The van der Waals surface area contributed by atoms with Crippen molar-refractivity contribution >= 4 is 21.6 Å². The zero-order valence-electron chi connectivity index (χ0n) is 10.6. The molecule has 1 atom stereocenters. The van der Waals surface area contributed by atoms with E-state index in [1.165, 1.54) is 19.4 Å². The lowest BCUT2D eigenvalue weighted by Gasteiger charge is -2.29. The third kappa shape index (κ3) is 2.22. The van der Waals surface area contributed by atoms with Crippen LogP contribution in [0.15, 0.2) is 29.1 Å². The average Bonchev–Trinajstić information content (AvgIpc) is 2.67. The van der Waals surface area contributed by atoms with Crippen molar-refractivity contribution in [2.45, 2.75) is 19.4 Å². The van der Waals surface area contributed by atoms with Crippen LogP contribution in [0.5, 0.6) is 0 Å². The molecule has 1 fully saturated rings. The van der Waals surface area contributed by atoms with E-state index in [4.69, 9.17) is 0 Å². The maximum absolute atomic E-state index is 12.2. The molecule has 3 nitrogen and oxygen atoms in total. The van der Waals surface area contributed by atoms with E-state index >= 15 is 0 Å². The quantitative estimate of drug-likeness (QED) is 0.830. The highest BCUT2D eigenvalue weighted by atomic mass is 32.1. The smallest absolute Gasteiger partial charge is 0.268 e. The number of likely N-dealkylation sites (tertiary alicyclic amines) is 1. The van der Waals surface area contributed by atoms with Gasteiger partial charge < -0.3 is 4.90 Å². The summed E-state index contributed by atoms with van der Waals surface area (Å²) in [5.74, 6) is 0.620. The van der Waals surface area contributed by atoms with Crippen LogP contribution in [0.3, 0.4) is 0 Å². The number of nitrogens with zero attached hydrogens (tertiary/aromatic N) is 2. The molecule has 1 aliphatic rings. The molecule has 18 heavy (non-hydrogen) atoms. The third-order valence-corrected chi connectivity index (χ3v) is 4.79. The van der Waals surface area contributed by atoms with Gasteiger partial charge in [-0.1, -0.05) is 23.7 Å². The summed E-state index contributed by atoms with van der Waals surface area (Å²) in [6.45, 7) is 3.18. The van der Waals surface area contributed by atoms with Crippen molar-refractivity contribution in [2.75, 3.05) is 20.1 Å². The molecular formula is C14H18N2OS. The van der Waals surface area contributed by atoms with Crippen LogP contribution in [0.1, 0.15) is 12.8 Å². The summed E-state index contributed by atoms with van der Waals surface area (Å²) in [6.07, 6.45) is 2.49. The van der Waals surface area contributed by atoms with E-state index in [9.17, 15) is 4.79 Å². The van der Waals surface area contributed by atoms with Gasteiger partial charge in [0.25, 0.3) is 5.56 Å². The lowest BCUT2D eigenvalue weighted by molar-refractivity contribution is 0.196. The zero-order valence-corrected chi connectivity index (χ0v) is 11.4. The van der Waals surface area contributed by atoms with Crippen LogP contribution in [0.25, 0.3) is 10.1 Å². The highest BCUT2D eigenvalue weighted by Gasteiger charge is 2.19. The zero-order chi connectivity index (χ0) is 12.5. The monoisotopic (exact) mass is 262 g/mol. The van der Waals surface area contributed by atoms with Crippen LogP contribution in [-0.2, 0) is 6.54 Å². The first-order valence-electron chi connectivity index (χ1n) is 6.51. The molecule has 0 unspecified atom stereocenters. The van der Waals surface area contributed by atoms with Crippen LogP contribution in [0, 0.1) is 5.92 Å². The van der Waals surface area contributed by atoms with Gasteiger partial charge in [-0.3, -0.25) is 8.75 Å². The van der Waals surface area contributed by atoms with Gasteiger partial charge in [0, 0.05) is 13.1 Å². The first-order valence-corrected chi connectivity index (χ1v) is 7.29. The molecular weight excluding hydrogens is 244 g/mol. The summed E-state index contributed by atoms with van der Waals surface area (Å²) in [5, 5.41) is 0.867. The summed E-state index contributed by atoms with van der Waals surface area (Å²) in [4.78, 5) is 14.6. The number of benzene rings is 1. The molecule has 0 bridgehead atoms. The van der Waals surface area contributed by atoms with Crippen LogP contribution in [0.2, 0.25) is 0 Å². The predicted octanol–water partition coefficient (Wildman–Crippen LogP) is 2.40. The van der Waals surface area contributed by atoms with Crippen LogP contribution < -0.4 is 5.56 Å². The van der Waals surface area contributed by atoms with Crippen molar-refractivity contribution in [3.05, 3.63) is 34.6 Å². The number of aromatic nitrogens is 1. The van der Waals surface area contributed by atoms with Crippen LogP contribution in [-0.4, -0.2) is 29.0 Å². The topological polar surface area (TPSA) is 25.2 Å².